The molecule has 1 amide bonds. The zero-order valence-corrected chi connectivity index (χ0v) is 14.8. The number of aryl methyl sites for hydroxylation is 1. The second kappa shape index (κ2) is 6.92. The SMILES string of the molecule is Cn1nc(CNC(=O)c2ccc(-n3cccc3)cc2)c2ccccc2c1=O. The number of carbonyl (C=O) groups excluding carboxylic acids is 1. The molecule has 6 nitrogen and oxygen atoms in total. The number of fused-ring (bicyclic) bond motifs is 1. The minimum Gasteiger partial charge on any atom is -0.346 e. The van der Waals surface area contributed by atoms with E-state index < -0.39 is 0 Å². The van der Waals surface area contributed by atoms with Crippen molar-refractivity contribution >= 4 is 16.7 Å². The Morgan fingerprint density at radius 3 is 2.33 bits per heavy atom. The molecule has 4 aromatic rings. The van der Waals surface area contributed by atoms with E-state index in [4.69, 9.17) is 0 Å². The number of hydrogen-bond donors (Lipinski definition) is 1. The van der Waals surface area contributed by atoms with Gasteiger partial charge in [0.05, 0.1) is 17.6 Å². The van der Waals surface area contributed by atoms with Crippen molar-refractivity contribution in [2.24, 2.45) is 7.05 Å². The van der Waals surface area contributed by atoms with Crippen LogP contribution < -0.4 is 10.9 Å². The van der Waals surface area contributed by atoms with E-state index in [0.717, 1.165) is 11.1 Å². The summed E-state index contributed by atoms with van der Waals surface area (Å²) in [5, 5.41) is 8.53. The summed E-state index contributed by atoms with van der Waals surface area (Å²) in [5.74, 6) is -0.186. The molecule has 0 saturated carbocycles. The largest absolute Gasteiger partial charge is 0.346 e. The predicted molar refractivity (Wildman–Crippen MR) is 104 cm³/mol. The van der Waals surface area contributed by atoms with Crippen molar-refractivity contribution in [2.45, 2.75) is 6.54 Å². The zero-order valence-electron chi connectivity index (χ0n) is 14.8. The number of nitrogens with zero attached hydrogens (tertiary/aromatic N) is 3. The van der Waals surface area contributed by atoms with Crippen LogP contribution in [0.15, 0.2) is 77.9 Å². The fourth-order valence-corrected chi connectivity index (χ4v) is 3.06. The molecule has 0 aliphatic rings. The maximum Gasteiger partial charge on any atom is 0.274 e. The van der Waals surface area contributed by atoms with Gasteiger partial charge in [0.1, 0.15) is 0 Å². The van der Waals surface area contributed by atoms with Gasteiger partial charge in [-0.15, -0.1) is 0 Å². The molecule has 1 N–H and O–H groups in total. The number of aromatic nitrogens is 3. The van der Waals surface area contributed by atoms with Crippen molar-refractivity contribution in [2.75, 3.05) is 0 Å². The Labute approximate surface area is 155 Å². The van der Waals surface area contributed by atoms with E-state index in [1.54, 1.807) is 25.2 Å². The number of nitrogens with one attached hydrogen (secondary N) is 1. The average molecular weight is 358 g/mol. The third-order valence-electron chi connectivity index (χ3n) is 4.48. The van der Waals surface area contributed by atoms with Crippen LogP contribution in [0.25, 0.3) is 16.5 Å². The number of benzene rings is 2. The lowest BCUT2D eigenvalue weighted by atomic mass is 10.1. The van der Waals surface area contributed by atoms with Gasteiger partial charge in [-0.25, -0.2) is 4.68 Å². The van der Waals surface area contributed by atoms with Gasteiger partial charge in [-0.3, -0.25) is 9.59 Å². The summed E-state index contributed by atoms with van der Waals surface area (Å²) >= 11 is 0. The summed E-state index contributed by atoms with van der Waals surface area (Å²) in [6.07, 6.45) is 3.90. The van der Waals surface area contributed by atoms with Gasteiger partial charge in [-0.1, -0.05) is 18.2 Å². The summed E-state index contributed by atoms with van der Waals surface area (Å²) in [5.41, 5.74) is 2.06. The van der Waals surface area contributed by atoms with Crippen molar-refractivity contribution in [3.63, 3.8) is 0 Å². The number of hydrogen-bond acceptors (Lipinski definition) is 3. The molecule has 0 fully saturated rings. The van der Waals surface area contributed by atoms with Crippen molar-refractivity contribution in [3.05, 3.63) is 94.7 Å². The maximum absolute atomic E-state index is 12.5. The molecule has 27 heavy (non-hydrogen) atoms. The summed E-state index contributed by atoms with van der Waals surface area (Å²) < 4.78 is 3.28. The van der Waals surface area contributed by atoms with E-state index in [0.29, 0.717) is 16.6 Å². The molecule has 0 aliphatic carbocycles. The lowest BCUT2D eigenvalue weighted by molar-refractivity contribution is 0.0950. The molecule has 2 aromatic heterocycles. The second-order valence-electron chi connectivity index (χ2n) is 6.24. The highest BCUT2D eigenvalue weighted by molar-refractivity contribution is 5.94. The molecular formula is C21H18N4O2. The van der Waals surface area contributed by atoms with E-state index >= 15 is 0 Å². The Morgan fingerprint density at radius 2 is 1.63 bits per heavy atom. The molecule has 6 heteroatoms. The highest BCUT2D eigenvalue weighted by Gasteiger charge is 2.11. The van der Waals surface area contributed by atoms with E-state index in [9.17, 15) is 9.59 Å². The molecule has 0 atom stereocenters. The molecular weight excluding hydrogens is 340 g/mol. The van der Waals surface area contributed by atoms with Crippen LogP contribution in [-0.2, 0) is 13.6 Å². The Bertz CT molecular complexity index is 1160. The smallest absolute Gasteiger partial charge is 0.274 e. The predicted octanol–water partition coefficient (Wildman–Crippen LogP) is 2.65. The lowest BCUT2D eigenvalue weighted by Crippen LogP contribution is -2.27. The van der Waals surface area contributed by atoms with Gasteiger partial charge < -0.3 is 9.88 Å². The van der Waals surface area contributed by atoms with Gasteiger partial charge >= 0.3 is 0 Å². The minimum absolute atomic E-state index is 0.152. The van der Waals surface area contributed by atoms with Crippen molar-refractivity contribution in [1.82, 2.24) is 19.7 Å². The van der Waals surface area contributed by atoms with Gasteiger partial charge in [0.15, 0.2) is 0 Å². The Morgan fingerprint density at radius 1 is 0.963 bits per heavy atom. The fraction of sp³-hybridized carbons (Fsp3) is 0.0952. The highest BCUT2D eigenvalue weighted by Crippen LogP contribution is 2.14. The van der Waals surface area contributed by atoms with Gasteiger partial charge in [0.25, 0.3) is 11.5 Å². The summed E-state index contributed by atoms with van der Waals surface area (Å²) in [6.45, 7) is 0.243. The molecule has 2 heterocycles. The normalized spacial score (nSPS) is 10.9. The lowest BCUT2D eigenvalue weighted by Gasteiger charge is -2.10. The second-order valence-corrected chi connectivity index (χ2v) is 6.24. The topological polar surface area (TPSA) is 68.9 Å². The van der Waals surface area contributed by atoms with E-state index in [1.165, 1.54) is 4.68 Å². The quantitative estimate of drug-likeness (QED) is 0.610. The van der Waals surface area contributed by atoms with Crippen molar-refractivity contribution in [1.29, 1.82) is 0 Å². The fourth-order valence-electron chi connectivity index (χ4n) is 3.06. The van der Waals surface area contributed by atoms with Crippen LogP contribution in [0.2, 0.25) is 0 Å². The summed E-state index contributed by atoms with van der Waals surface area (Å²) in [4.78, 5) is 24.7. The minimum atomic E-state index is -0.186. The summed E-state index contributed by atoms with van der Waals surface area (Å²) in [6, 6.07) is 18.6. The molecule has 4 rings (SSSR count). The molecule has 0 unspecified atom stereocenters. The van der Waals surface area contributed by atoms with E-state index in [1.807, 2.05) is 59.4 Å². The Kier molecular flexibility index (Phi) is 4.30. The van der Waals surface area contributed by atoms with E-state index in [-0.39, 0.29) is 18.0 Å². The molecule has 0 bridgehead atoms. The molecule has 0 saturated heterocycles. The van der Waals surface area contributed by atoms with Crippen LogP contribution in [0.4, 0.5) is 0 Å². The van der Waals surface area contributed by atoms with Gasteiger partial charge in [0, 0.05) is 36.1 Å². The van der Waals surface area contributed by atoms with Crippen LogP contribution in [0.5, 0.6) is 0 Å². The first-order valence-electron chi connectivity index (χ1n) is 8.60. The van der Waals surface area contributed by atoms with Crippen LogP contribution >= 0.6 is 0 Å². The van der Waals surface area contributed by atoms with Crippen molar-refractivity contribution < 1.29 is 4.79 Å². The number of rotatable bonds is 4. The average Bonchev–Trinajstić information content (AvgIpc) is 3.24. The maximum atomic E-state index is 12.5. The Balaban J connectivity index is 1.54. The zero-order chi connectivity index (χ0) is 18.8. The molecule has 0 aliphatic heterocycles. The van der Waals surface area contributed by atoms with Gasteiger partial charge in [-0.2, -0.15) is 5.10 Å². The van der Waals surface area contributed by atoms with E-state index in [2.05, 4.69) is 10.4 Å². The molecule has 2 aromatic carbocycles. The molecule has 0 spiro atoms. The highest BCUT2D eigenvalue weighted by atomic mass is 16.1. The third kappa shape index (κ3) is 3.25. The van der Waals surface area contributed by atoms with Crippen LogP contribution in [-0.4, -0.2) is 20.3 Å². The first-order chi connectivity index (χ1) is 13.1. The van der Waals surface area contributed by atoms with Gasteiger partial charge in [0.2, 0.25) is 0 Å². The standard InChI is InChI=1S/C21H18N4O2/c1-24-21(27)18-7-3-2-6-17(18)19(23-24)14-22-20(26)15-8-10-16(11-9-15)25-12-4-5-13-25/h2-13H,14H2,1H3,(H,22,26). The van der Waals surface area contributed by atoms with Crippen molar-refractivity contribution in [3.8, 4) is 5.69 Å². The first kappa shape index (κ1) is 16.8. The summed E-state index contributed by atoms with van der Waals surface area (Å²) in [7, 11) is 1.61. The molecule has 134 valence electrons. The number of amides is 1. The van der Waals surface area contributed by atoms with Crippen LogP contribution in [0.1, 0.15) is 16.1 Å². The Hall–Kier alpha value is -3.67. The third-order valence-corrected chi connectivity index (χ3v) is 4.48. The van der Waals surface area contributed by atoms with Crippen LogP contribution in [0, 0.1) is 0 Å². The number of carbonyl (C=O) groups is 1. The van der Waals surface area contributed by atoms with Crippen LogP contribution in [0.3, 0.4) is 0 Å². The first-order valence-corrected chi connectivity index (χ1v) is 8.60. The molecule has 0 radical (unpaired) electrons. The monoisotopic (exact) mass is 358 g/mol. The van der Waals surface area contributed by atoms with Gasteiger partial charge in [-0.05, 0) is 42.5 Å².